The maximum atomic E-state index is 13.0. The molecule has 1 fully saturated rings. The summed E-state index contributed by atoms with van der Waals surface area (Å²) in [5.74, 6) is -0.219. The number of rotatable bonds is 6. The van der Waals surface area contributed by atoms with E-state index in [9.17, 15) is 13.2 Å². The van der Waals surface area contributed by atoms with Crippen LogP contribution >= 0.6 is 23.2 Å². The van der Waals surface area contributed by atoms with Crippen molar-refractivity contribution in [1.29, 1.82) is 0 Å². The van der Waals surface area contributed by atoms with Gasteiger partial charge in [0, 0.05) is 25.6 Å². The van der Waals surface area contributed by atoms with Gasteiger partial charge in [-0.1, -0.05) is 47.0 Å². The number of sulfonamides is 1. The monoisotopic (exact) mass is 482 g/mol. The van der Waals surface area contributed by atoms with Gasteiger partial charge in [0.25, 0.3) is 0 Å². The Morgan fingerprint density at radius 2 is 1.61 bits per heavy atom. The lowest BCUT2D eigenvalue weighted by Crippen LogP contribution is -2.43. The minimum atomic E-state index is -3.80. The van der Waals surface area contributed by atoms with Crippen molar-refractivity contribution in [3.8, 4) is 0 Å². The number of piperidine rings is 1. The minimum absolute atomic E-state index is 0.0183. The molecular weight excluding hydrogens is 455 g/mol. The summed E-state index contributed by atoms with van der Waals surface area (Å²) >= 11 is 12.2. The van der Waals surface area contributed by atoms with E-state index in [1.165, 1.54) is 38.7 Å². The van der Waals surface area contributed by atoms with Crippen molar-refractivity contribution in [1.82, 2.24) is 9.62 Å². The molecular formula is C23H28Cl2N2O3S. The molecule has 0 aromatic heterocycles. The number of benzene rings is 2. The molecule has 5 nitrogen and oxygen atoms in total. The van der Waals surface area contributed by atoms with E-state index in [2.05, 4.69) is 38.2 Å². The van der Waals surface area contributed by atoms with E-state index < -0.39 is 10.0 Å². The van der Waals surface area contributed by atoms with E-state index in [0.717, 1.165) is 6.42 Å². The van der Waals surface area contributed by atoms with E-state index >= 15 is 0 Å². The standard InChI is InChI=1S/C23H28Cl2N2O3S/c1-15-13-16(2)19(17(3)14-15)7-10-26-23(28)18-8-11-27(12-9-18)31(29,30)22-20(24)5-4-6-21(22)25/h4-6,13-14,18H,7-12H2,1-3H3,(H,26,28). The second-order valence-corrected chi connectivity index (χ2v) is 10.8. The van der Waals surface area contributed by atoms with E-state index in [1.54, 1.807) is 6.07 Å². The number of nitrogens with zero attached hydrogens (tertiary/aromatic N) is 1. The molecule has 1 saturated heterocycles. The maximum Gasteiger partial charge on any atom is 0.246 e. The number of hydrogen-bond acceptors (Lipinski definition) is 3. The van der Waals surface area contributed by atoms with Crippen molar-refractivity contribution in [3.05, 3.63) is 62.6 Å². The number of hydrogen-bond donors (Lipinski definition) is 1. The van der Waals surface area contributed by atoms with Crippen molar-refractivity contribution < 1.29 is 13.2 Å². The molecule has 0 aliphatic carbocycles. The number of amides is 1. The van der Waals surface area contributed by atoms with Gasteiger partial charge < -0.3 is 5.32 Å². The molecule has 0 radical (unpaired) electrons. The SMILES string of the molecule is Cc1cc(C)c(CCNC(=O)C2CCN(S(=O)(=O)c3c(Cl)cccc3Cl)CC2)c(C)c1. The Balaban J connectivity index is 1.55. The number of carbonyl (C=O) groups is 1. The molecule has 1 N–H and O–H groups in total. The summed E-state index contributed by atoms with van der Waals surface area (Å²) in [7, 11) is -3.80. The normalized spacial score (nSPS) is 15.8. The lowest BCUT2D eigenvalue weighted by atomic mass is 9.96. The quantitative estimate of drug-likeness (QED) is 0.649. The van der Waals surface area contributed by atoms with Crippen LogP contribution in [0.4, 0.5) is 0 Å². The highest BCUT2D eigenvalue weighted by atomic mass is 35.5. The van der Waals surface area contributed by atoms with Crippen LogP contribution in [0.5, 0.6) is 0 Å². The third-order valence-electron chi connectivity index (χ3n) is 5.86. The van der Waals surface area contributed by atoms with Crippen LogP contribution in [0.1, 0.15) is 35.1 Å². The molecule has 1 aliphatic rings. The first kappa shape index (κ1) is 24.1. The first-order chi connectivity index (χ1) is 14.6. The van der Waals surface area contributed by atoms with Gasteiger partial charge >= 0.3 is 0 Å². The molecule has 2 aromatic carbocycles. The smallest absolute Gasteiger partial charge is 0.246 e. The van der Waals surface area contributed by atoms with Gasteiger partial charge in [-0.25, -0.2) is 8.42 Å². The van der Waals surface area contributed by atoms with Gasteiger partial charge in [-0.05, 0) is 68.9 Å². The highest BCUT2D eigenvalue weighted by molar-refractivity contribution is 7.89. The maximum absolute atomic E-state index is 13.0. The van der Waals surface area contributed by atoms with Crippen LogP contribution in [0.15, 0.2) is 35.2 Å². The summed E-state index contributed by atoms with van der Waals surface area (Å²) in [5, 5.41) is 3.24. The Morgan fingerprint density at radius 3 is 2.16 bits per heavy atom. The lowest BCUT2D eigenvalue weighted by Gasteiger charge is -2.31. The molecule has 3 rings (SSSR count). The van der Waals surface area contributed by atoms with E-state index in [4.69, 9.17) is 23.2 Å². The molecule has 168 valence electrons. The van der Waals surface area contributed by atoms with Gasteiger partial charge in [0.1, 0.15) is 4.90 Å². The fourth-order valence-electron chi connectivity index (χ4n) is 4.28. The van der Waals surface area contributed by atoms with Gasteiger partial charge in [0.15, 0.2) is 0 Å². The third kappa shape index (κ3) is 5.43. The summed E-state index contributed by atoms with van der Waals surface area (Å²) < 4.78 is 27.3. The van der Waals surface area contributed by atoms with E-state index in [-0.39, 0.29) is 39.9 Å². The molecule has 8 heteroatoms. The molecule has 0 spiro atoms. The molecule has 31 heavy (non-hydrogen) atoms. The minimum Gasteiger partial charge on any atom is -0.356 e. The van der Waals surface area contributed by atoms with E-state index in [0.29, 0.717) is 19.4 Å². The summed E-state index contributed by atoms with van der Waals surface area (Å²) in [4.78, 5) is 12.6. The van der Waals surface area contributed by atoms with Crippen molar-refractivity contribution in [2.24, 2.45) is 5.92 Å². The largest absolute Gasteiger partial charge is 0.356 e. The highest BCUT2D eigenvalue weighted by Gasteiger charge is 2.34. The van der Waals surface area contributed by atoms with E-state index in [1.807, 2.05) is 0 Å². The topological polar surface area (TPSA) is 66.5 Å². The lowest BCUT2D eigenvalue weighted by molar-refractivity contribution is -0.126. The molecule has 2 aromatic rings. The molecule has 0 unspecified atom stereocenters. The van der Waals surface area contributed by atoms with Crippen molar-refractivity contribution in [3.63, 3.8) is 0 Å². The average Bonchev–Trinajstić information content (AvgIpc) is 2.69. The number of nitrogens with one attached hydrogen (secondary N) is 1. The van der Waals surface area contributed by atoms with Crippen LogP contribution in [-0.4, -0.2) is 38.3 Å². The predicted octanol–water partition coefficient (Wildman–Crippen LogP) is 4.68. The zero-order valence-corrected chi connectivity index (χ0v) is 20.4. The van der Waals surface area contributed by atoms with Crippen molar-refractivity contribution in [2.45, 2.75) is 44.9 Å². The van der Waals surface area contributed by atoms with Crippen LogP contribution in [-0.2, 0) is 21.2 Å². The highest BCUT2D eigenvalue weighted by Crippen LogP contribution is 2.33. The number of carbonyl (C=O) groups excluding carboxylic acids is 1. The molecule has 1 aliphatic heterocycles. The fraction of sp³-hybridized carbons (Fsp3) is 0.435. The Morgan fingerprint density at radius 1 is 1.06 bits per heavy atom. The Bertz CT molecular complexity index is 1030. The van der Waals surface area contributed by atoms with Gasteiger partial charge in [-0.3, -0.25) is 4.79 Å². The van der Waals surface area contributed by atoms with Crippen LogP contribution in [0.25, 0.3) is 0 Å². The second kappa shape index (κ2) is 9.90. The summed E-state index contributed by atoms with van der Waals surface area (Å²) in [6.07, 6.45) is 1.72. The summed E-state index contributed by atoms with van der Waals surface area (Å²) in [5.41, 5.74) is 4.98. The molecule has 1 amide bonds. The average molecular weight is 483 g/mol. The van der Waals surface area contributed by atoms with Gasteiger partial charge in [-0.15, -0.1) is 0 Å². The molecule has 0 atom stereocenters. The van der Waals surface area contributed by atoms with Gasteiger partial charge in [0.05, 0.1) is 10.0 Å². The van der Waals surface area contributed by atoms with Crippen LogP contribution in [0, 0.1) is 26.7 Å². The second-order valence-electron chi connectivity index (χ2n) is 8.15. The Kier molecular flexibility index (Phi) is 7.68. The zero-order chi connectivity index (χ0) is 22.8. The summed E-state index contributed by atoms with van der Waals surface area (Å²) in [6, 6.07) is 8.95. The van der Waals surface area contributed by atoms with Gasteiger partial charge in [0.2, 0.25) is 15.9 Å². The third-order valence-corrected chi connectivity index (χ3v) is 8.71. The zero-order valence-electron chi connectivity index (χ0n) is 18.0. The number of halogens is 2. The Labute approximate surface area is 194 Å². The van der Waals surface area contributed by atoms with Crippen LogP contribution in [0.3, 0.4) is 0 Å². The van der Waals surface area contributed by atoms with Crippen molar-refractivity contribution in [2.75, 3.05) is 19.6 Å². The molecule has 0 saturated carbocycles. The van der Waals surface area contributed by atoms with Crippen LogP contribution < -0.4 is 5.32 Å². The van der Waals surface area contributed by atoms with Crippen molar-refractivity contribution >= 4 is 39.1 Å². The summed E-state index contributed by atoms with van der Waals surface area (Å²) in [6.45, 7) is 7.36. The number of aryl methyl sites for hydroxylation is 3. The van der Waals surface area contributed by atoms with Gasteiger partial charge in [-0.2, -0.15) is 4.31 Å². The molecule has 1 heterocycles. The fourth-order valence-corrected chi connectivity index (χ4v) is 6.84. The Hall–Kier alpha value is -1.60. The first-order valence-corrected chi connectivity index (χ1v) is 12.6. The molecule has 0 bridgehead atoms. The first-order valence-electron chi connectivity index (χ1n) is 10.4. The van der Waals surface area contributed by atoms with Crippen LogP contribution in [0.2, 0.25) is 10.0 Å². The predicted molar refractivity (Wildman–Crippen MR) is 125 cm³/mol.